The van der Waals surface area contributed by atoms with Crippen LogP contribution in [0.5, 0.6) is 0 Å². The van der Waals surface area contributed by atoms with E-state index >= 15 is 0 Å². The van der Waals surface area contributed by atoms with Crippen molar-refractivity contribution in [3.8, 4) is 0 Å². The molecule has 0 aliphatic carbocycles. The number of allylic oxidation sites excluding steroid dienone is 1. The summed E-state index contributed by atoms with van der Waals surface area (Å²) in [6.45, 7) is 12.4. The van der Waals surface area contributed by atoms with Crippen molar-refractivity contribution in [2.75, 3.05) is 32.7 Å². The van der Waals surface area contributed by atoms with Crippen molar-refractivity contribution in [2.45, 2.75) is 51.9 Å². The van der Waals surface area contributed by atoms with Gasteiger partial charge in [0.15, 0.2) is 0 Å². The summed E-state index contributed by atoms with van der Waals surface area (Å²) in [5.74, 6) is 0.887. The molecule has 106 valence electrons. The molecule has 0 aromatic rings. The smallest absolute Gasteiger partial charge is 0.00218 e. The maximum Gasteiger partial charge on any atom is 0.00218 e. The van der Waals surface area contributed by atoms with Crippen molar-refractivity contribution in [2.24, 2.45) is 5.92 Å². The lowest BCUT2D eigenvalue weighted by Gasteiger charge is -2.30. The first-order valence-corrected chi connectivity index (χ1v) is 7.90. The molecule has 2 nitrogen and oxygen atoms in total. The van der Waals surface area contributed by atoms with E-state index in [9.17, 15) is 0 Å². The number of unbranched alkanes of at least 4 members (excludes halogenated alkanes) is 3. The minimum Gasteiger partial charge on any atom is -0.316 e. The monoisotopic (exact) mass is 252 g/mol. The Morgan fingerprint density at radius 1 is 1.28 bits per heavy atom. The Morgan fingerprint density at radius 2 is 2.17 bits per heavy atom. The normalized spacial score (nSPS) is 20.2. The zero-order valence-corrected chi connectivity index (χ0v) is 12.3. The van der Waals surface area contributed by atoms with Crippen LogP contribution in [0.15, 0.2) is 12.7 Å². The Labute approximate surface area is 114 Å². The molecule has 0 aromatic heterocycles. The predicted molar refractivity (Wildman–Crippen MR) is 81.0 cm³/mol. The van der Waals surface area contributed by atoms with E-state index in [1.165, 1.54) is 77.7 Å². The van der Waals surface area contributed by atoms with Crippen LogP contribution < -0.4 is 5.32 Å². The summed E-state index contributed by atoms with van der Waals surface area (Å²) in [6, 6.07) is 0. The molecule has 0 saturated carbocycles. The number of nitrogens with one attached hydrogen (secondary N) is 1. The lowest BCUT2D eigenvalue weighted by Crippen LogP contribution is -2.39. The molecule has 1 fully saturated rings. The predicted octanol–water partition coefficient (Wildman–Crippen LogP) is 3.44. The molecular weight excluding hydrogens is 220 g/mol. The molecule has 0 radical (unpaired) electrons. The molecule has 0 aromatic carbocycles. The van der Waals surface area contributed by atoms with Gasteiger partial charge in [-0.25, -0.2) is 0 Å². The van der Waals surface area contributed by atoms with Crippen LogP contribution in [-0.2, 0) is 0 Å². The van der Waals surface area contributed by atoms with E-state index in [0.717, 1.165) is 5.92 Å². The van der Waals surface area contributed by atoms with Crippen LogP contribution in [0.4, 0.5) is 0 Å². The lowest BCUT2D eigenvalue weighted by atomic mass is 9.99. The minimum atomic E-state index is 0.887. The van der Waals surface area contributed by atoms with Crippen LogP contribution >= 0.6 is 0 Å². The van der Waals surface area contributed by atoms with Crippen LogP contribution in [0.3, 0.4) is 0 Å². The maximum absolute atomic E-state index is 3.78. The van der Waals surface area contributed by atoms with Crippen LogP contribution in [-0.4, -0.2) is 37.6 Å². The molecule has 1 saturated heterocycles. The van der Waals surface area contributed by atoms with Gasteiger partial charge in [0.1, 0.15) is 0 Å². The van der Waals surface area contributed by atoms with E-state index in [1.807, 2.05) is 6.08 Å². The molecule has 1 aliphatic rings. The molecule has 1 unspecified atom stereocenters. The fourth-order valence-electron chi connectivity index (χ4n) is 2.86. The van der Waals surface area contributed by atoms with Crippen molar-refractivity contribution in [3.63, 3.8) is 0 Å². The van der Waals surface area contributed by atoms with Gasteiger partial charge in [-0.05, 0) is 70.6 Å². The van der Waals surface area contributed by atoms with Gasteiger partial charge in [0.05, 0.1) is 0 Å². The lowest BCUT2D eigenvalue weighted by molar-refractivity contribution is 0.205. The quantitative estimate of drug-likeness (QED) is 0.473. The maximum atomic E-state index is 3.78. The first kappa shape index (κ1) is 15.7. The average molecular weight is 252 g/mol. The highest BCUT2D eigenvalue weighted by Gasteiger charge is 2.16. The molecule has 18 heavy (non-hydrogen) atoms. The molecule has 1 atom stereocenters. The Hall–Kier alpha value is -0.340. The largest absolute Gasteiger partial charge is 0.316 e. The van der Waals surface area contributed by atoms with E-state index in [1.54, 1.807) is 0 Å². The van der Waals surface area contributed by atoms with Crippen molar-refractivity contribution >= 4 is 0 Å². The summed E-state index contributed by atoms with van der Waals surface area (Å²) < 4.78 is 0. The van der Waals surface area contributed by atoms with E-state index < -0.39 is 0 Å². The highest BCUT2D eigenvalue weighted by Crippen LogP contribution is 2.13. The zero-order chi connectivity index (χ0) is 13.1. The van der Waals surface area contributed by atoms with Crippen molar-refractivity contribution < 1.29 is 0 Å². The van der Waals surface area contributed by atoms with Crippen LogP contribution in [0.1, 0.15) is 51.9 Å². The Kier molecular flexibility index (Phi) is 9.23. The van der Waals surface area contributed by atoms with Crippen molar-refractivity contribution in [1.29, 1.82) is 0 Å². The molecule has 1 N–H and O–H groups in total. The SMILES string of the molecule is C=CCCCCCN(CCC)CC1CCCNC1. The number of nitrogens with zero attached hydrogens (tertiary/aromatic N) is 1. The molecule has 0 spiro atoms. The fourth-order valence-corrected chi connectivity index (χ4v) is 2.86. The van der Waals surface area contributed by atoms with Crippen LogP contribution in [0.25, 0.3) is 0 Å². The second kappa shape index (κ2) is 10.6. The molecule has 0 amide bonds. The third-order valence-corrected chi connectivity index (χ3v) is 3.84. The van der Waals surface area contributed by atoms with Crippen molar-refractivity contribution in [1.82, 2.24) is 10.2 Å². The molecule has 2 heteroatoms. The van der Waals surface area contributed by atoms with E-state index in [0.29, 0.717) is 0 Å². The summed E-state index contributed by atoms with van der Waals surface area (Å²) in [5.41, 5.74) is 0. The van der Waals surface area contributed by atoms with Gasteiger partial charge in [0.25, 0.3) is 0 Å². The standard InChI is InChI=1S/C16H32N2/c1-3-5-6-7-8-13-18(12-4-2)15-16-10-9-11-17-14-16/h3,16-17H,1,4-15H2,2H3. The summed E-state index contributed by atoms with van der Waals surface area (Å²) in [4.78, 5) is 2.69. The van der Waals surface area contributed by atoms with Gasteiger partial charge < -0.3 is 10.2 Å². The third-order valence-electron chi connectivity index (χ3n) is 3.84. The van der Waals surface area contributed by atoms with Gasteiger partial charge in [-0.3, -0.25) is 0 Å². The number of hydrogen-bond acceptors (Lipinski definition) is 2. The molecule has 0 bridgehead atoms. The van der Waals surface area contributed by atoms with Gasteiger partial charge in [0, 0.05) is 6.54 Å². The highest BCUT2D eigenvalue weighted by molar-refractivity contribution is 4.73. The summed E-state index contributed by atoms with van der Waals surface area (Å²) in [5, 5.41) is 3.53. The van der Waals surface area contributed by atoms with Crippen LogP contribution in [0.2, 0.25) is 0 Å². The number of rotatable bonds is 10. The molecule has 1 aliphatic heterocycles. The molecular formula is C16H32N2. The highest BCUT2D eigenvalue weighted by atomic mass is 15.1. The Balaban J connectivity index is 2.14. The van der Waals surface area contributed by atoms with E-state index in [2.05, 4.69) is 23.7 Å². The summed E-state index contributed by atoms with van der Waals surface area (Å²) in [6.07, 6.45) is 11.3. The first-order chi connectivity index (χ1) is 8.86. The second-order valence-electron chi connectivity index (χ2n) is 5.65. The summed E-state index contributed by atoms with van der Waals surface area (Å²) >= 11 is 0. The van der Waals surface area contributed by atoms with Gasteiger partial charge in [-0.1, -0.05) is 19.4 Å². The van der Waals surface area contributed by atoms with Gasteiger partial charge in [-0.2, -0.15) is 0 Å². The van der Waals surface area contributed by atoms with Crippen molar-refractivity contribution in [3.05, 3.63) is 12.7 Å². The van der Waals surface area contributed by atoms with Gasteiger partial charge >= 0.3 is 0 Å². The van der Waals surface area contributed by atoms with E-state index in [-0.39, 0.29) is 0 Å². The first-order valence-electron chi connectivity index (χ1n) is 7.90. The Bertz CT molecular complexity index is 197. The van der Waals surface area contributed by atoms with E-state index in [4.69, 9.17) is 0 Å². The zero-order valence-electron chi connectivity index (χ0n) is 12.3. The second-order valence-corrected chi connectivity index (χ2v) is 5.65. The number of hydrogen-bond donors (Lipinski definition) is 1. The van der Waals surface area contributed by atoms with Gasteiger partial charge in [0.2, 0.25) is 0 Å². The topological polar surface area (TPSA) is 15.3 Å². The number of piperidine rings is 1. The average Bonchev–Trinajstić information content (AvgIpc) is 2.40. The fraction of sp³-hybridized carbons (Fsp3) is 0.875. The van der Waals surface area contributed by atoms with Crippen LogP contribution in [0, 0.1) is 5.92 Å². The molecule has 1 rings (SSSR count). The summed E-state index contributed by atoms with van der Waals surface area (Å²) in [7, 11) is 0. The third kappa shape index (κ3) is 7.17. The Morgan fingerprint density at radius 3 is 2.83 bits per heavy atom. The van der Waals surface area contributed by atoms with Gasteiger partial charge in [-0.15, -0.1) is 6.58 Å². The molecule has 1 heterocycles. The minimum absolute atomic E-state index is 0.887.